The molecule has 2 rings (SSSR count). The molecule has 0 unspecified atom stereocenters. The van der Waals surface area contributed by atoms with Crippen LogP contribution in [0.2, 0.25) is 0 Å². The third-order valence-corrected chi connectivity index (χ3v) is 4.19. The monoisotopic (exact) mass is 319 g/mol. The standard InChI is InChI=1S/C17H21NO5/c1-3-23-15(20)17(11-7-10-13(17)19)14(18-16(21)22-2)12-8-5-4-6-9-12/h4-6,8-9,14H,3,7,10-11H2,1-2H3,(H,18,21)/t14-,17-/m0/s1. The first-order chi connectivity index (χ1) is 11.1. The molecule has 1 aliphatic rings. The van der Waals surface area contributed by atoms with Crippen LogP contribution in [0.15, 0.2) is 30.3 Å². The van der Waals surface area contributed by atoms with Gasteiger partial charge in [-0.2, -0.15) is 0 Å². The highest BCUT2D eigenvalue weighted by atomic mass is 16.5. The van der Waals surface area contributed by atoms with Crippen LogP contribution in [-0.2, 0) is 19.1 Å². The summed E-state index contributed by atoms with van der Waals surface area (Å²) < 4.78 is 9.83. The van der Waals surface area contributed by atoms with Gasteiger partial charge in [-0.1, -0.05) is 30.3 Å². The maximum Gasteiger partial charge on any atom is 0.407 e. The zero-order chi connectivity index (χ0) is 16.9. The van der Waals surface area contributed by atoms with Crippen LogP contribution in [0.4, 0.5) is 4.79 Å². The van der Waals surface area contributed by atoms with Crippen molar-refractivity contribution in [3.05, 3.63) is 35.9 Å². The van der Waals surface area contributed by atoms with Crippen LogP contribution in [0, 0.1) is 5.41 Å². The molecular weight excluding hydrogens is 298 g/mol. The predicted molar refractivity (Wildman–Crippen MR) is 82.6 cm³/mol. The Balaban J connectivity index is 2.50. The molecule has 2 atom stereocenters. The van der Waals surface area contributed by atoms with E-state index in [1.165, 1.54) is 7.11 Å². The summed E-state index contributed by atoms with van der Waals surface area (Å²) in [6.07, 6.45) is 0.533. The van der Waals surface area contributed by atoms with E-state index >= 15 is 0 Å². The quantitative estimate of drug-likeness (QED) is 0.665. The fourth-order valence-corrected chi connectivity index (χ4v) is 3.10. The molecule has 124 valence electrons. The van der Waals surface area contributed by atoms with Gasteiger partial charge in [0, 0.05) is 6.42 Å². The number of hydrogen-bond acceptors (Lipinski definition) is 5. The van der Waals surface area contributed by atoms with E-state index in [4.69, 9.17) is 4.74 Å². The SMILES string of the molecule is CCOC(=O)[C@@]1([C@@H](NC(=O)OC)c2ccccc2)CCCC1=O. The van der Waals surface area contributed by atoms with Crippen molar-refractivity contribution >= 4 is 17.8 Å². The summed E-state index contributed by atoms with van der Waals surface area (Å²) >= 11 is 0. The molecule has 0 aromatic heterocycles. The van der Waals surface area contributed by atoms with Gasteiger partial charge in [-0.3, -0.25) is 9.59 Å². The van der Waals surface area contributed by atoms with Crippen LogP contribution in [0.5, 0.6) is 0 Å². The molecule has 0 aliphatic heterocycles. The molecule has 1 fully saturated rings. The summed E-state index contributed by atoms with van der Waals surface area (Å²) in [7, 11) is 1.24. The zero-order valence-electron chi connectivity index (χ0n) is 13.3. The number of amides is 1. The lowest BCUT2D eigenvalue weighted by atomic mass is 9.74. The number of benzene rings is 1. The number of rotatable bonds is 5. The number of ether oxygens (including phenoxy) is 2. The Kier molecular flexibility index (Phi) is 5.36. The molecule has 1 saturated carbocycles. The third kappa shape index (κ3) is 3.21. The van der Waals surface area contributed by atoms with Crippen LogP contribution in [0.1, 0.15) is 37.8 Å². The van der Waals surface area contributed by atoms with Gasteiger partial charge in [0.2, 0.25) is 0 Å². The number of carbonyl (C=O) groups excluding carboxylic acids is 3. The van der Waals surface area contributed by atoms with Gasteiger partial charge in [0.1, 0.15) is 0 Å². The summed E-state index contributed by atoms with van der Waals surface area (Å²) in [5.41, 5.74) is -0.729. The average molecular weight is 319 g/mol. The summed E-state index contributed by atoms with van der Waals surface area (Å²) in [5.74, 6) is -0.797. The van der Waals surface area contributed by atoms with Crippen molar-refractivity contribution in [3.8, 4) is 0 Å². The molecule has 1 amide bonds. The number of nitrogens with one attached hydrogen (secondary N) is 1. The molecule has 0 bridgehead atoms. The minimum Gasteiger partial charge on any atom is -0.465 e. The second-order valence-electron chi connectivity index (χ2n) is 5.45. The Bertz CT molecular complexity index is 586. The number of carbonyl (C=O) groups is 3. The predicted octanol–water partition coefficient (Wildman–Crippen LogP) is 2.39. The smallest absolute Gasteiger partial charge is 0.407 e. The van der Waals surface area contributed by atoms with E-state index in [-0.39, 0.29) is 12.4 Å². The fraction of sp³-hybridized carbons (Fsp3) is 0.471. The van der Waals surface area contributed by atoms with Crippen molar-refractivity contribution in [2.45, 2.75) is 32.2 Å². The van der Waals surface area contributed by atoms with Crippen LogP contribution >= 0.6 is 0 Å². The van der Waals surface area contributed by atoms with Crippen molar-refractivity contribution in [1.29, 1.82) is 0 Å². The highest BCUT2D eigenvalue weighted by Gasteiger charge is 2.56. The van der Waals surface area contributed by atoms with Crippen molar-refractivity contribution in [3.63, 3.8) is 0 Å². The van der Waals surface area contributed by atoms with Crippen molar-refractivity contribution < 1.29 is 23.9 Å². The van der Waals surface area contributed by atoms with E-state index in [1.807, 2.05) is 6.07 Å². The lowest BCUT2D eigenvalue weighted by molar-refractivity contribution is -0.161. The second kappa shape index (κ2) is 7.26. The first kappa shape index (κ1) is 17.0. The van der Waals surface area contributed by atoms with E-state index in [9.17, 15) is 14.4 Å². The van der Waals surface area contributed by atoms with Crippen LogP contribution < -0.4 is 5.32 Å². The summed E-state index contributed by atoms with van der Waals surface area (Å²) in [4.78, 5) is 37.0. The minimum atomic E-state index is -1.40. The van der Waals surface area contributed by atoms with Crippen molar-refractivity contribution in [1.82, 2.24) is 5.32 Å². The normalized spacial score (nSPS) is 21.6. The second-order valence-corrected chi connectivity index (χ2v) is 5.45. The molecule has 1 aliphatic carbocycles. The molecule has 6 heteroatoms. The maximum atomic E-state index is 12.6. The lowest BCUT2D eigenvalue weighted by Gasteiger charge is -2.34. The van der Waals surface area contributed by atoms with Gasteiger partial charge in [0.25, 0.3) is 0 Å². The molecule has 0 heterocycles. The van der Waals surface area contributed by atoms with E-state index in [0.29, 0.717) is 24.8 Å². The summed E-state index contributed by atoms with van der Waals surface area (Å²) in [5, 5.41) is 2.65. The molecule has 1 aromatic carbocycles. The van der Waals surface area contributed by atoms with E-state index in [1.54, 1.807) is 31.2 Å². The number of methoxy groups -OCH3 is 1. The molecular formula is C17H21NO5. The van der Waals surface area contributed by atoms with Gasteiger partial charge in [0.15, 0.2) is 11.2 Å². The zero-order valence-corrected chi connectivity index (χ0v) is 13.3. The molecule has 0 spiro atoms. The Morgan fingerprint density at radius 1 is 1.30 bits per heavy atom. The lowest BCUT2D eigenvalue weighted by Crippen LogP contribution is -2.49. The minimum absolute atomic E-state index is 0.174. The largest absolute Gasteiger partial charge is 0.465 e. The maximum absolute atomic E-state index is 12.6. The number of hydrogen-bond donors (Lipinski definition) is 1. The number of ketones is 1. The molecule has 0 radical (unpaired) electrons. The summed E-state index contributed by atoms with van der Waals surface area (Å²) in [6.45, 7) is 1.86. The topological polar surface area (TPSA) is 81.7 Å². The van der Waals surface area contributed by atoms with Crippen molar-refractivity contribution in [2.24, 2.45) is 5.41 Å². The molecule has 0 saturated heterocycles. The molecule has 1 N–H and O–H groups in total. The van der Waals surface area contributed by atoms with Gasteiger partial charge in [0.05, 0.1) is 19.8 Å². The number of alkyl carbamates (subject to hydrolysis) is 1. The molecule has 1 aromatic rings. The fourth-order valence-electron chi connectivity index (χ4n) is 3.10. The molecule has 23 heavy (non-hydrogen) atoms. The van der Waals surface area contributed by atoms with E-state index < -0.39 is 23.5 Å². The highest BCUT2D eigenvalue weighted by Crippen LogP contribution is 2.46. The summed E-state index contributed by atoms with van der Waals surface area (Å²) in [6, 6.07) is 8.14. The van der Waals surface area contributed by atoms with E-state index in [0.717, 1.165) is 0 Å². The Hall–Kier alpha value is -2.37. The highest BCUT2D eigenvalue weighted by molar-refractivity contribution is 6.06. The van der Waals surface area contributed by atoms with Gasteiger partial charge in [-0.25, -0.2) is 4.79 Å². The van der Waals surface area contributed by atoms with Gasteiger partial charge >= 0.3 is 12.1 Å². The Morgan fingerprint density at radius 3 is 2.52 bits per heavy atom. The van der Waals surface area contributed by atoms with Crippen LogP contribution in [-0.4, -0.2) is 31.6 Å². The van der Waals surface area contributed by atoms with Gasteiger partial charge in [-0.15, -0.1) is 0 Å². The molecule has 6 nitrogen and oxygen atoms in total. The van der Waals surface area contributed by atoms with Crippen molar-refractivity contribution in [2.75, 3.05) is 13.7 Å². The first-order valence-electron chi connectivity index (χ1n) is 7.66. The van der Waals surface area contributed by atoms with Gasteiger partial charge in [-0.05, 0) is 25.3 Å². The third-order valence-electron chi connectivity index (χ3n) is 4.19. The first-order valence-corrected chi connectivity index (χ1v) is 7.66. The number of esters is 1. The van der Waals surface area contributed by atoms with Crippen LogP contribution in [0.3, 0.4) is 0 Å². The Labute approximate surface area is 135 Å². The number of Topliss-reactive ketones (excluding diaryl/α,β-unsaturated/α-hetero) is 1. The van der Waals surface area contributed by atoms with Gasteiger partial charge < -0.3 is 14.8 Å². The average Bonchev–Trinajstić information content (AvgIpc) is 2.95. The Morgan fingerprint density at radius 2 is 2.00 bits per heavy atom. The van der Waals surface area contributed by atoms with Crippen LogP contribution in [0.25, 0.3) is 0 Å². The van der Waals surface area contributed by atoms with E-state index in [2.05, 4.69) is 10.1 Å².